The van der Waals surface area contributed by atoms with Crippen LogP contribution in [-0.2, 0) is 4.79 Å². The number of nitrogens with zero attached hydrogens (tertiary/aromatic N) is 1. The van der Waals surface area contributed by atoms with E-state index in [9.17, 15) is 4.79 Å². The highest BCUT2D eigenvalue weighted by Crippen LogP contribution is 2.32. The molecule has 2 aromatic carbocycles. The van der Waals surface area contributed by atoms with Crippen molar-refractivity contribution in [3.63, 3.8) is 0 Å². The second kappa shape index (κ2) is 8.37. The van der Waals surface area contributed by atoms with Crippen molar-refractivity contribution in [1.82, 2.24) is 4.90 Å². The van der Waals surface area contributed by atoms with Crippen molar-refractivity contribution in [2.24, 2.45) is 0 Å². The number of ether oxygens (including phenoxy) is 1. The van der Waals surface area contributed by atoms with Gasteiger partial charge in [-0.25, -0.2) is 0 Å². The number of benzene rings is 2. The Hall–Kier alpha value is -2.04. The maximum atomic E-state index is 12.5. The van der Waals surface area contributed by atoms with E-state index in [0.717, 1.165) is 19.4 Å². The van der Waals surface area contributed by atoms with Crippen molar-refractivity contribution in [2.45, 2.75) is 32.2 Å². The molecule has 1 amide bonds. The minimum atomic E-state index is -0.0473. The SMILES string of the molecule is C[C@H]1CCCCN1CC(=O)Nc1cc(Cl)ccc1Oc1ccccc1. The minimum absolute atomic E-state index is 0.0473. The van der Waals surface area contributed by atoms with Crippen LogP contribution in [-0.4, -0.2) is 29.9 Å². The number of amides is 1. The Labute approximate surface area is 153 Å². The van der Waals surface area contributed by atoms with Gasteiger partial charge in [0, 0.05) is 11.1 Å². The topological polar surface area (TPSA) is 41.6 Å². The number of nitrogens with one attached hydrogen (secondary N) is 1. The zero-order chi connectivity index (χ0) is 17.6. The van der Waals surface area contributed by atoms with Crippen LogP contribution in [0.5, 0.6) is 11.5 Å². The predicted molar refractivity (Wildman–Crippen MR) is 101 cm³/mol. The highest BCUT2D eigenvalue weighted by molar-refractivity contribution is 6.31. The molecular formula is C20H23ClN2O2. The van der Waals surface area contributed by atoms with Gasteiger partial charge in [-0.2, -0.15) is 0 Å². The first-order valence-corrected chi connectivity index (χ1v) is 9.06. The Balaban J connectivity index is 1.70. The van der Waals surface area contributed by atoms with E-state index in [4.69, 9.17) is 16.3 Å². The van der Waals surface area contributed by atoms with E-state index >= 15 is 0 Å². The second-order valence-corrected chi connectivity index (χ2v) is 6.86. The molecule has 1 aliphatic rings. The summed E-state index contributed by atoms with van der Waals surface area (Å²) < 4.78 is 5.89. The summed E-state index contributed by atoms with van der Waals surface area (Å²) in [5.41, 5.74) is 0.589. The second-order valence-electron chi connectivity index (χ2n) is 6.42. The van der Waals surface area contributed by atoms with Crippen LogP contribution in [0.1, 0.15) is 26.2 Å². The summed E-state index contributed by atoms with van der Waals surface area (Å²) in [5.74, 6) is 1.24. The van der Waals surface area contributed by atoms with Crippen LogP contribution in [0.2, 0.25) is 5.02 Å². The molecule has 1 heterocycles. The number of carbonyl (C=O) groups is 1. The van der Waals surface area contributed by atoms with Crippen molar-refractivity contribution in [3.05, 3.63) is 53.6 Å². The first-order chi connectivity index (χ1) is 12.1. The Bertz CT molecular complexity index is 721. The largest absolute Gasteiger partial charge is 0.455 e. The molecule has 3 rings (SSSR count). The smallest absolute Gasteiger partial charge is 0.238 e. The number of rotatable bonds is 5. The molecular weight excluding hydrogens is 336 g/mol. The van der Waals surface area contributed by atoms with Gasteiger partial charge < -0.3 is 10.1 Å². The molecule has 5 heteroatoms. The number of carbonyl (C=O) groups excluding carboxylic acids is 1. The standard InChI is InChI=1S/C20H23ClN2O2/c1-15-7-5-6-12-23(15)14-20(24)22-18-13-16(21)10-11-19(18)25-17-8-3-2-4-9-17/h2-4,8-11,13,15H,5-7,12,14H2,1H3,(H,22,24)/t15-/m0/s1. The fourth-order valence-electron chi connectivity index (χ4n) is 3.07. The van der Waals surface area contributed by atoms with E-state index in [-0.39, 0.29) is 5.91 Å². The van der Waals surface area contributed by atoms with Gasteiger partial charge in [-0.05, 0) is 56.6 Å². The van der Waals surface area contributed by atoms with Crippen molar-refractivity contribution in [2.75, 3.05) is 18.4 Å². The lowest BCUT2D eigenvalue weighted by atomic mass is 10.0. The molecule has 2 aromatic rings. The van der Waals surface area contributed by atoms with Gasteiger partial charge in [0.15, 0.2) is 5.75 Å². The van der Waals surface area contributed by atoms with Crippen LogP contribution in [0.25, 0.3) is 0 Å². The Kier molecular flexibility index (Phi) is 5.95. The maximum absolute atomic E-state index is 12.5. The van der Waals surface area contributed by atoms with E-state index in [1.807, 2.05) is 30.3 Å². The van der Waals surface area contributed by atoms with Crippen LogP contribution < -0.4 is 10.1 Å². The molecule has 0 aliphatic carbocycles. The maximum Gasteiger partial charge on any atom is 0.238 e. The molecule has 0 spiro atoms. The molecule has 25 heavy (non-hydrogen) atoms. The van der Waals surface area contributed by atoms with Crippen molar-refractivity contribution >= 4 is 23.2 Å². The summed E-state index contributed by atoms with van der Waals surface area (Å²) in [6.07, 6.45) is 3.53. The number of piperidine rings is 1. The van der Waals surface area contributed by atoms with Gasteiger partial charge in [0.25, 0.3) is 0 Å². The van der Waals surface area contributed by atoms with Crippen molar-refractivity contribution in [1.29, 1.82) is 0 Å². The fourth-order valence-corrected chi connectivity index (χ4v) is 3.24. The Morgan fingerprint density at radius 3 is 2.80 bits per heavy atom. The van der Waals surface area contributed by atoms with Gasteiger partial charge in [-0.15, -0.1) is 0 Å². The fraction of sp³-hybridized carbons (Fsp3) is 0.350. The molecule has 0 unspecified atom stereocenters. The van der Waals surface area contributed by atoms with Gasteiger partial charge in [0.1, 0.15) is 5.75 Å². The van der Waals surface area contributed by atoms with E-state index in [1.54, 1.807) is 18.2 Å². The van der Waals surface area contributed by atoms with Crippen molar-refractivity contribution in [3.8, 4) is 11.5 Å². The van der Waals surface area contributed by atoms with Gasteiger partial charge in [0.05, 0.1) is 12.2 Å². The third-order valence-electron chi connectivity index (χ3n) is 4.47. The first-order valence-electron chi connectivity index (χ1n) is 8.68. The lowest BCUT2D eigenvalue weighted by Crippen LogP contribution is -2.42. The summed E-state index contributed by atoms with van der Waals surface area (Å²) in [4.78, 5) is 14.7. The number of hydrogen-bond donors (Lipinski definition) is 1. The number of likely N-dealkylation sites (tertiary alicyclic amines) is 1. The summed E-state index contributed by atoms with van der Waals surface area (Å²) in [6.45, 7) is 3.53. The summed E-state index contributed by atoms with van der Waals surface area (Å²) in [7, 11) is 0. The van der Waals surface area contributed by atoms with Gasteiger partial charge >= 0.3 is 0 Å². The third-order valence-corrected chi connectivity index (χ3v) is 4.71. The molecule has 1 aliphatic heterocycles. The Morgan fingerprint density at radius 1 is 1.24 bits per heavy atom. The molecule has 4 nitrogen and oxygen atoms in total. The molecule has 0 radical (unpaired) electrons. The minimum Gasteiger partial charge on any atom is -0.455 e. The molecule has 132 valence electrons. The summed E-state index contributed by atoms with van der Waals surface area (Å²) in [6, 6.07) is 15.2. The first kappa shape index (κ1) is 17.8. The quantitative estimate of drug-likeness (QED) is 0.822. The monoisotopic (exact) mass is 358 g/mol. The van der Waals surface area contributed by atoms with E-state index in [2.05, 4.69) is 17.1 Å². The molecule has 0 aromatic heterocycles. The van der Waals surface area contributed by atoms with Gasteiger partial charge in [0.2, 0.25) is 5.91 Å². The Morgan fingerprint density at radius 2 is 2.04 bits per heavy atom. The number of para-hydroxylation sites is 1. The number of halogens is 1. The van der Waals surface area contributed by atoms with Crippen LogP contribution >= 0.6 is 11.6 Å². The van der Waals surface area contributed by atoms with Crippen LogP contribution in [0, 0.1) is 0 Å². The molecule has 1 N–H and O–H groups in total. The van der Waals surface area contributed by atoms with E-state index in [0.29, 0.717) is 34.8 Å². The molecule has 0 saturated carbocycles. The van der Waals surface area contributed by atoms with Gasteiger partial charge in [-0.1, -0.05) is 36.2 Å². The average molecular weight is 359 g/mol. The highest BCUT2D eigenvalue weighted by atomic mass is 35.5. The van der Waals surface area contributed by atoms with E-state index in [1.165, 1.54) is 6.42 Å². The lowest BCUT2D eigenvalue weighted by Gasteiger charge is -2.32. The van der Waals surface area contributed by atoms with Crippen LogP contribution in [0.3, 0.4) is 0 Å². The predicted octanol–water partition coefficient (Wildman–Crippen LogP) is 4.95. The molecule has 1 atom stereocenters. The molecule has 1 saturated heterocycles. The van der Waals surface area contributed by atoms with E-state index < -0.39 is 0 Å². The zero-order valence-electron chi connectivity index (χ0n) is 14.4. The van der Waals surface area contributed by atoms with Crippen molar-refractivity contribution < 1.29 is 9.53 Å². The summed E-state index contributed by atoms with van der Waals surface area (Å²) in [5, 5.41) is 3.51. The van der Waals surface area contributed by atoms with Gasteiger partial charge in [-0.3, -0.25) is 9.69 Å². The normalized spacial score (nSPS) is 17.9. The average Bonchev–Trinajstić information content (AvgIpc) is 2.60. The number of hydrogen-bond acceptors (Lipinski definition) is 3. The zero-order valence-corrected chi connectivity index (χ0v) is 15.1. The van der Waals surface area contributed by atoms with Crippen LogP contribution in [0.15, 0.2) is 48.5 Å². The summed E-state index contributed by atoms with van der Waals surface area (Å²) >= 11 is 6.10. The number of anilines is 1. The van der Waals surface area contributed by atoms with Crippen LogP contribution in [0.4, 0.5) is 5.69 Å². The molecule has 0 bridgehead atoms. The highest BCUT2D eigenvalue weighted by Gasteiger charge is 2.21. The third kappa shape index (κ3) is 4.97. The lowest BCUT2D eigenvalue weighted by molar-refractivity contribution is -0.118. The molecule has 1 fully saturated rings.